The minimum absolute atomic E-state index is 0.0251. The standard InChI is InChI=1S/C19H18N4O3S/c24-16(12-27-11-13-5-2-1-3-6-13)23-9-14(10-23)19-21-17(22-26-19)15-7-4-8-20-18(15)25/h1-8,14H,9-12H2,(H,20,25). The van der Waals surface area contributed by atoms with Gasteiger partial charge in [0.05, 0.1) is 17.2 Å². The minimum Gasteiger partial charge on any atom is -0.340 e. The second-order valence-corrected chi connectivity index (χ2v) is 7.33. The summed E-state index contributed by atoms with van der Waals surface area (Å²) in [5.74, 6) is 2.16. The van der Waals surface area contributed by atoms with E-state index in [0.29, 0.717) is 30.3 Å². The number of rotatable bonds is 6. The summed E-state index contributed by atoms with van der Waals surface area (Å²) >= 11 is 1.61. The van der Waals surface area contributed by atoms with Crippen LogP contribution in [-0.2, 0) is 10.5 Å². The molecule has 0 bridgehead atoms. The first kappa shape index (κ1) is 17.5. The molecule has 3 aromatic rings. The van der Waals surface area contributed by atoms with Crippen molar-refractivity contribution < 1.29 is 9.32 Å². The normalized spacial score (nSPS) is 14.1. The van der Waals surface area contributed by atoms with Gasteiger partial charge in [0.15, 0.2) is 0 Å². The fraction of sp³-hybridized carbons (Fsp3) is 0.263. The van der Waals surface area contributed by atoms with Crippen molar-refractivity contribution in [3.63, 3.8) is 0 Å². The monoisotopic (exact) mass is 382 g/mol. The molecular formula is C19H18N4O3S. The van der Waals surface area contributed by atoms with Gasteiger partial charge in [-0.2, -0.15) is 4.98 Å². The van der Waals surface area contributed by atoms with Crippen LogP contribution in [-0.4, -0.2) is 44.8 Å². The molecule has 1 fully saturated rings. The molecule has 138 valence electrons. The van der Waals surface area contributed by atoms with Crippen molar-refractivity contribution in [2.24, 2.45) is 0 Å². The molecule has 1 saturated heterocycles. The van der Waals surface area contributed by atoms with Crippen molar-refractivity contribution in [1.29, 1.82) is 0 Å². The number of carbonyl (C=O) groups excluding carboxylic acids is 1. The number of hydrogen-bond donors (Lipinski definition) is 1. The zero-order valence-corrected chi connectivity index (χ0v) is 15.3. The van der Waals surface area contributed by atoms with Crippen LogP contribution in [0.5, 0.6) is 0 Å². The third kappa shape index (κ3) is 3.95. The highest BCUT2D eigenvalue weighted by atomic mass is 32.2. The number of benzene rings is 1. The number of aromatic amines is 1. The molecule has 1 aliphatic rings. The molecule has 1 N–H and O–H groups in total. The van der Waals surface area contributed by atoms with Crippen molar-refractivity contribution in [3.05, 3.63) is 70.5 Å². The van der Waals surface area contributed by atoms with E-state index in [1.807, 2.05) is 18.2 Å². The van der Waals surface area contributed by atoms with E-state index in [1.165, 1.54) is 5.56 Å². The van der Waals surface area contributed by atoms with Gasteiger partial charge in [0.2, 0.25) is 17.6 Å². The van der Waals surface area contributed by atoms with Crippen LogP contribution in [0.4, 0.5) is 0 Å². The van der Waals surface area contributed by atoms with Crippen LogP contribution in [0.15, 0.2) is 58.0 Å². The molecule has 2 aromatic heterocycles. The van der Waals surface area contributed by atoms with Gasteiger partial charge in [0.25, 0.3) is 5.56 Å². The molecule has 0 spiro atoms. The summed E-state index contributed by atoms with van der Waals surface area (Å²) in [6.45, 7) is 1.13. The van der Waals surface area contributed by atoms with Crippen LogP contribution < -0.4 is 5.56 Å². The number of aromatic nitrogens is 3. The van der Waals surface area contributed by atoms with Crippen molar-refractivity contribution in [2.45, 2.75) is 11.7 Å². The Morgan fingerprint density at radius 1 is 1.22 bits per heavy atom. The number of H-pyrrole nitrogens is 1. The summed E-state index contributed by atoms with van der Waals surface area (Å²) in [6.07, 6.45) is 1.55. The molecule has 3 heterocycles. The summed E-state index contributed by atoms with van der Waals surface area (Å²) in [4.78, 5) is 32.7. The maximum atomic E-state index is 12.3. The van der Waals surface area contributed by atoms with Gasteiger partial charge < -0.3 is 14.4 Å². The lowest BCUT2D eigenvalue weighted by Gasteiger charge is -2.37. The van der Waals surface area contributed by atoms with Crippen LogP contribution in [0.3, 0.4) is 0 Å². The third-order valence-electron chi connectivity index (χ3n) is 4.42. The van der Waals surface area contributed by atoms with Crippen molar-refractivity contribution in [1.82, 2.24) is 20.0 Å². The van der Waals surface area contributed by atoms with Crippen LogP contribution in [0.25, 0.3) is 11.4 Å². The van der Waals surface area contributed by atoms with Crippen LogP contribution in [0, 0.1) is 0 Å². The van der Waals surface area contributed by atoms with Gasteiger partial charge >= 0.3 is 0 Å². The maximum absolute atomic E-state index is 12.3. The topological polar surface area (TPSA) is 92.1 Å². The molecule has 7 nitrogen and oxygen atoms in total. The van der Waals surface area contributed by atoms with E-state index in [1.54, 1.807) is 35.0 Å². The van der Waals surface area contributed by atoms with Gasteiger partial charge in [-0.15, -0.1) is 11.8 Å². The lowest BCUT2D eigenvalue weighted by Crippen LogP contribution is -2.49. The highest BCUT2D eigenvalue weighted by Gasteiger charge is 2.35. The maximum Gasteiger partial charge on any atom is 0.259 e. The molecule has 1 aliphatic heterocycles. The molecule has 0 atom stereocenters. The van der Waals surface area contributed by atoms with E-state index < -0.39 is 0 Å². The molecule has 1 amide bonds. The molecule has 0 saturated carbocycles. The first-order chi connectivity index (χ1) is 13.2. The van der Waals surface area contributed by atoms with Crippen LogP contribution in [0.1, 0.15) is 17.4 Å². The number of nitrogens with one attached hydrogen (secondary N) is 1. The average molecular weight is 382 g/mol. The van der Waals surface area contributed by atoms with E-state index in [2.05, 4.69) is 27.3 Å². The number of nitrogens with zero attached hydrogens (tertiary/aromatic N) is 3. The van der Waals surface area contributed by atoms with E-state index in [9.17, 15) is 9.59 Å². The number of likely N-dealkylation sites (tertiary alicyclic amines) is 1. The number of pyridine rings is 1. The molecule has 4 rings (SSSR count). The average Bonchev–Trinajstić information content (AvgIpc) is 3.11. The van der Waals surface area contributed by atoms with Gasteiger partial charge in [-0.25, -0.2) is 0 Å². The number of amides is 1. The summed E-state index contributed by atoms with van der Waals surface area (Å²) in [7, 11) is 0. The Morgan fingerprint density at radius 2 is 2.04 bits per heavy atom. The molecule has 27 heavy (non-hydrogen) atoms. The first-order valence-electron chi connectivity index (χ1n) is 8.62. The Bertz CT molecular complexity index is 980. The quantitative estimate of drug-likeness (QED) is 0.703. The van der Waals surface area contributed by atoms with Gasteiger partial charge in [-0.05, 0) is 17.7 Å². The van der Waals surface area contributed by atoms with Crippen LogP contribution in [0.2, 0.25) is 0 Å². The highest BCUT2D eigenvalue weighted by molar-refractivity contribution is 7.99. The lowest BCUT2D eigenvalue weighted by molar-refractivity contribution is -0.133. The summed E-state index contributed by atoms with van der Waals surface area (Å²) in [5, 5.41) is 3.89. The van der Waals surface area contributed by atoms with E-state index >= 15 is 0 Å². The largest absolute Gasteiger partial charge is 0.340 e. The SMILES string of the molecule is O=C(CSCc1ccccc1)N1CC(c2nc(-c3ccc[nH]c3=O)no2)C1. The molecular weight excluding hydrogens is 364 g/mol. The summed E-state index contributed by atoms with van der Waals surface area (Å²) in [6, 6.07) is 13.5. The number of hydrogen-bond acceptors (Lipinski definition) is 6. The predicted molar refractivity (Wildman–Crippen MR) is 102 cm³/mol. The fourth-order valence-corrected chi connectivity index (χ4v) is 3.76. The summed E-state index contributed by atoms with van der Waals surface area (Å²) in [5.41, 5.74) is 1.33. The Kier molecular flexibility index (Phi) is 5.06. The van der Waals surface area contributed by atoms with Crippen molar-refractivity contribution in [2.75, 3.05) is 18.8 Å². The van der Waals surface area contributed by atoms with Gasteiger partial charge in [-0.3, -0.25) is 9.59 Å². The molecule has 0 radical (unpaired) electrons. The van der Waals surface area contributed by atoms with Crippen LogP contribution >= 0.6 is 11.8 Å². The Morgan fingerprint density at radius 3 is 2.81 bits per heavy atom. The summed E-state index contributed by atoms with van der Waals surface area (Å²) < 4.78 is 5.29. The molecule has 0 aliphatic carbocycles. The van der Waals surface area contributed by atoms with Crippen molar-refractivity contribution >= 4 is 17.7 Å². The van der Waals surface area contributed by atoms with E-state index in [4.69, 9.17) is 4.52 Å². The third-order valence-corrected chi connectivity index (χ3v) is 5.41. The first-order valence-corrected chi connectivity index (χ1v) is 9.77. The highest BCUT2D eigenvalue weighted by Crippen LogP contribution is 2.27. The lowest BCUT2D eigenvalue weighted by atomic mass is 10.0. The second kappa shape index (κ2) is 7.79. The number of thioether (sulfide) groups is 1. The fourth-order valence-electron chi connectivity index (χ4n) is 2.87. The van der Waals surface area contributed by atoms with Gasteiger partial charge in [0, 0.05) is 25.0 Å². The molecule has 8 heteroatoms. The molecule has 0 unspecified atom stereocenters. The van der Waals surface area contributed by atoms with Gasteiger partial charge in [-0.1, -0.05) is 35.5 Å². The van der Waals surface area contributed by atoms with E-state index in [-0.39, 0.29) is 23.2 Å². The minimum atomic E-state index is -0.259. The second-order valence-electron chi connectivity index (χ2n) is 6.34. The smallest absolute Gasteiger partial charge is 0.259 e. The Hall–Kier alpha value is -2.87. The Labute approximate surface area is 159 Å². The van der Waals surface area contributed by atoms with Crippen molar-refractivity contribution in [3.8, 4) is 11.4 Å². The zero-order valence-electron chi connectivity index (χ0n) is 14.5. The Balaban J connectivity index is 1.28. The predicted octanol–water partition coefficient (Wildman–Crippen LogP) is 2.28. The van der Waals surface area contributed by atoms with Gasteiger partial charge in [0.1, 0.15) is 0 Å². The number of carbonyl (C=O) groups is 1. The molecule has 1 aromatic carbocycles. The zero-order chi connectivity index (χ0) is 18.6. The van der Waals surface area contributed by atoms with E-state index in [0.717, 1.165) is 5.75 Å².